The van der Waals surface area contributed by atoms with Gasteiger partial charge in [0.05, 0.1) is 14.5 Å². The zero-order chi connectivity index (χ0) is 13.1. The summed E-state index contributed by atoms with van der Waals surface area (Å²) >= 11 is 14.9. The Bertz CT molecular complexity index is 523. The first-order chi connectivity index (χ1) is 8.56. The van der Waals surface area contributed by atoms with E-state index in [1.807, 2.05) is 6.07 Å². The second kappa shape index (κ2) is 5.91. The predicted octanol–water partition coefficient (Wildman–Crippen LogP) is 5.51. The monoisotopic (exact) mass is 347 g/mol. The van der Waals surface area contributed by atoms with E-state index in [1.165, 1.54) is 6.07 Å². The molecule has 0 bridgehead atoms. The molecule has 0 radical (unpaired) electrons. The molecule has 0 amide bonds. The standard InChI is InChI=1S/C13H9BrCl2FN/c14-10-5-8(1-4-13(10)17)7-18-9-2-3-11(15)12(16)6-9/h1-6,18H,7H2. The first-order valence-electron chi connectivity index (χ1n) is 5.19. The van der Waals surface area contributed by atoms with Crippen LogP contribution in [0.1, 0.15) is 5.56 Å². The molecule has 0 aliphatic heterocycles. The predicted molar refractivity (Wildman–Crippen MR) is 77.9 cm³/mol. The van der Waals surface area contributed by atoms with Gasteiger partial charge in [0.2, 0.25) is 0 Å². The molecule has 2 aromatic rings. The van der Waals surface area contributed by atoms with Gasteiger partial charge in [-0.3, -0.25) is 0 Å². The average molecular weight is 349 g/mol. The third-order valence-corrected chi connectivity index (χ3v) is 3.75. The van der Waals surface area contributed by atoms with E-state index in [1.54, 1.807) is 24.3 Å². The molecule has 5 heteroatoms. The number of halogens is 4. The molecule has 0 saturated heterocycles. The Morgan fingerprint density at radius 3 is 2.50 bits per heavy atom. The minimum absolute atomic E-state index is 0.270. The number of nitrogens with one attached hydrogen (secondary N) is 1. The maximum Gasteiger partial charge on any atom is 0.137 e. The zero-order valence-electron chi connectivity index (χ0n) is 9.18. The Labute approximate surface area is 123 Å². The minimum atomic E-state index is -0.270. The van der Waals surface area contributed by atoms with Crippen LogP contribution in [0.2, 0.25) is 10.0 Å². The van der Waals surface area contributed by atoms with Crippen LogP contribution in [0, 0.1) is 5.82 Å². The van der Waals surface area contributed by atoms with Gasteiger partial charge < -0.3 is 5.32 Å². The maximum atomic E-state index is 13.1. The molecule has 0 unspecified atom stereocenters. The van der Waals surface area contributed by atoms with Crippen molar-refractivity contribution < 1.29 is 4.39 Å². The fourth-order valence-corrected chi connectivity index (χ4v) is 2.18. The van der Waals surface area contributed by atoms with Crippen molar-refractivity contribution in [3.05, 3.63) is 62.3 Å². The highest BCUT2D eigenvalue weighted by Gasteiger charge is 2.02. The minimum Gasteiger partial charge on any atom is -0.381 e. The fourth-order valence-electron chi connectivity index (χ4n) is 1.46. The number of rotatable bonds is 3. The smallest absolute Gasteiger partial charge is 0.137 e. The molecule has 94 valence electrons. The lowest BCUT2D eigenvalue weighted by Crippen LogP contribution is -1.99. The first-order valence-corrected chi connectivity index (χ1v) is 6.74. The van der Waals surface area contributed by atoms with Crippen molar-refractivity contribution in [3.63, 3.8) is 0 Å². The Hall–Kier alpha value is -0.770. The lowest BCUT2D eigenvalue weighted by atomic mass is 10.2. The molecule has 1 nitrogen and oxygen atoms in total. The SMILES string of the molecule is Fc1ccc(CNc2ccc(Cl)c(Cl)c2)cc1Br. The summed E-state index contributed by atoms with van der Waals surface area (Å²) in [5, 5.41) is 4.21. The van der Waals surface area contributed by atoms with Crippen molar-refractivity contribution in [2.45, 2.75) is 6.54 Å². The van der Waals surface area contributed by atoms with E-state index in [0.29, 0.717) is 21.1 Å². The van der Waals surface area contributed by atoms with Gasteiger partial charge in [0.15, 0.2) is 0 Å². The van der Waals surface area contributed by atoms with E-state index in [9.17, 15) is 4.39 Å². The molecule has 0 aromatic heterocycles. The number of hydrogen-bond donors (Lipinski definition) is 1. The summed E-state index contributed by atoms with van der Waals surface area (Å²) in [6.45, 7) is 0.580. The van der Waals surface area contributed by atoms with Crippen LogP contribution < -0.4 is 5.32 Å². The first kappa shape index (κ1) is 13.7. The third kappa shape index (κ3) is 3.37. The molecule has 1 N–H and O–H groups in total. The molecule has 0 aliphatic rings. The van der Waals surface area contributed by atoms with Gasteiger partial charge in [-0.2, -0.15) is 0 Å². The van der Waals surface area contributed by atoms with Gasteiger partial charge >= 0.3 is 0 Å². The van der Waals surface area contributed by atoms with E-state index in [-0.39, 0.29) is 5.82 Å². The molecule has 2 aromatic carbocycles. The average Bonchev–Trinajstić information content (AvgIpc) is 2.35. The summed E-state index contributed by atoms with van der Waals surface area (Å²) in [6.07, 6.45) is 0. The second-order valence-corrected chi connectivity index (χ2v) is 5.40. The molecule has 2 rings (SSSR count). The van der Waals surface area contributed by atoms with Gasteiger partial charge in [-0.25, -0.2) is 4.39 Å². The topological polar surface area (TPSA) is 12.0 Å². The molecular formula is C13H9BrCl2FN. The Kier molecular flexibility index (Phi) is 4.49. The van der Waals surface area contributed by atoms with E-state index in [0.717, 1.165) is 11.3 Å². The molecule has 18 heavy (non-hydrogen) atoms. The van der Waals surface area contributed by atoms with Crippen molar-refractivity contribution >= 4 is 44.8 Å². The molecule has 0 atom stereocenters. The van der Waals surface area contributed by atoms with Crippen molar-refractivity contribution in [1.29, 1.82) is 0 Å². The highest BCUT2D eigenvalue weighted by Crippen LogP contribution is 2.25. The van der Waals surface area contributed by atoms with E-state index in [2.05, 4.69) is 21.2 Å². The van der Waals surface area contributed by atoms with Gasteiger partial charge in [0.25, 0.3) is 0 Å². The summed E-state index contributed by atoms with van der Waals surface area (Å²) < 4.78 is 13.5. The fraction of sp³-hybridized carbons (Fsp3) is 0.0769. The van der Waals surface area contributed by atoms with Gasteiger partial charge in [-0.15, -0.1) is 0 Å². The van der Waals surface area contributed by atoms with Crippen LogP contribution in [0.25, 0.3) is 0 Å². The van der Waals surface area contributed by atoms with Crippen LogP contribution in [0.3, 0.4) is 0 Å². The third-order valence-electron chi connectivity index (χ3n) is 2.40. The van der Waals surface area contributed by atoms with E-state index >= 15 is 0 Å². The number of anilines is 1. The quantitative estimate of drug-likeness (QED) is 0.771. The molecule has 0 spiro atoms. The van der Waals surface area contributed by atoms with E-state index < -0.39 is 0 Å². The maximum absolute atomic E-state index is 13.1. The summed E-state index contributed by atoms with van der Waals surface area (Å²) in [5.41, 5.74) is 1.83. The van der Waals surface area contributed by atoms with Crippen LogP contribution in [-0.2, 0) is 6.54 Å². The Morgan fingerprint density at radius 2 is 1.83 bits per heavy atom. The number of hydrogen-bond acceptors (Lipinski definition) is 1. The van der Waals surface area contributed by atoms with Crippen LogP contribution in [-0.4, -0.2) is 0 Å². The normalized spacial score (nSPS) is 10.4. The molecule has 0 aliphatic carbocycles. The molecule has 0 fully saturated rings. The van der Waals surface area contributed by atoms with Crippen LogP contribution >= 0.6 is 39.1 Å². The van der Waals surface area contributed by atoms with Gasteiger partial charge in [-0.1, -0.05) is 29.3 Å². The summed E-state index contributed by atoms with van der Waals surface area (Å²) in [7, 11) is 0. The Balaban J connectivity index is 2.06. The lowest BCUT2D eigenvalue weighted by Gasteiger charge is -2.08. The van der Waals surface area contributed by atoms with Crippen molar-refractivity contribution in [1.82, 2.24) is 0 Å². The summed E-state index contributed by atoms with van der Waals surface area (Å²) in [4.78, 5) is 0. The second-order valence-electron chi connectivity index (χ2n) is 3.73. The van der Waals surface area contributed by atoms with Gasteiger partial charge in [-0.05, 0) is 51.8 Å². The summed E-state index contributed by atoms with van der Waals surface area (Å²) in [6, 6.07) is 10.2. The Morgan fingerprint density at radius 1 is 1.06 bits per heavy atom. The zero-order valence-corrected chi connectivity index (χ0v) is 12.3. The lowest BCUT2D eigenvalue weighted by molar-refractivity contribution is 0.620. The number of benzene rings is 2. The largest absolute Gasteiger partial charge is 0.381 e. The van der Waals surface area contributed by atoms with Crippen molar-refractivity contribution in [2.75, 3.05) is 5.32 Å². The van der Waals surface area contributed by atoms with E-state index in [4.69, 9.17) is 23.2 Å². The van der Waals surface area contributed by atoms with Crippen LogP contribution in [0.15, 0.2) is 40.9 Å². The molecule has 0 saturated carbocycles. The van der Waals surface area contributed by atoms with Crippen molar-refractivity contribution in [2.24, 2.45) is 0 Å². The van der Waals surface area contributed by atoms with Crippen molar-refractivity contribution in [3.8, 4) is 0 Å². The molecule has 0 heterocycles. The molecular weight excluding hydrogens is 340 g/mol. The highest BCUT2D eigenvalue weighted by atomic mass is 79.9. The van der Waals surface area contributed by atoms with Crippen LogP contribution in [0.4, 0.5) is 10.1 Å². The summed E-state index contributed by atoms with van der Waals surface area (Å²) in [5.74, 6) is -0.270. The van der Waals surface area contributed by atoms with Crippen LogP contribution in [0.5, 0.6) is 0 Å². The van der Waals surface area contributed by atoms with Gasteiger partial charge in [0.1, 0.15) is 5.82 Å². The van der Waals surface area contributed by atoms with Gasteiger partial charge in [0, 0.05) is 12.2 Å². The highest BCUT2D eigenvalue weighted by molar-refractivity contribution is 9.10.